The van der Waals surface area contributed by atoms with Gasteiger partial charge in [-0.3, -0.25) is 9.67 Å². The van der Waals surface area contributed by atoms with Gasteiger partial charge in [0.1, 0.15) is 23.7 Å². The highest BCUT2D eigenvalue weighted by atomic mass is 19.4. The fraction of sp³-hybridized carbons (Fsp3) is 0.286. The molecule has 0 radical (unpaired) electrons. The Bertz CT molecular complexity index is 1340. The van der Waals surface area contributed by atoms with Gasteiger partial charge in [0.2, 0.25) is 0 Å². The van der Waals surface area contributed by atoms with Crippen LogP contribution in [0.3, 0.4) is 0 Å². The second kappa shape index (κ2) is 8.47. The predicted octanol–water partition coefficient (Wildman–Crippen LogP) is 5.08. The van der Waals surface area contributed by atoms with Crippen LogP contribution in [0.2, 0.25) is 0 Å². The third-order valence-electron chi connectivity index (χ3n) is 5.26. The van der Waals surface area contributed by atoms with Crippen molar-refractivity contribution in [2.45, 2.75) is 33.4 Å². The van der Waals surface area contributed by atoms with Crippen LogP contribution < -0.4 is 5.32 Å². The van der Waals surface area contributed by atoms with Crippen molar-refractivity contribution >= 4 is 11.6 Å². The highest BCUT2D eigenvalue weighted by Crippen LogP contribution is 2.35. The number of aryl methyl sites for hydroxylation is 2. The lowest BCUT2D eigenvalue weighted by Crippen LogP contribution is -2.09. The Balaban J connectivity index is 1.66. The first-order valence-electron chi connectivity index (χ1n) is 9.98. The van der Waals surface area contributed by atoms with E-state index in [1.807, 2.05) is 0 Å². The molecule has 8 nitrogen and oxygen atoms in total. The highest BCUT2D eigenvalue weighted by molar-refractivity contribution is 5.71. The van der Waals surface area contributed by atoms with E-state index in [0.29, 0.717) is 28.5 Å². The van der Waals surface area contributed by atoms with E-state index < -0.39 is 18.2 Å². The van der Waals surface area contributed by atoms with Gasteiger partial charge in [-0.1, -0.05) is 0 Å². The number of nitrogens with zero attached hydrogens (tertiary/aromatic N) is 7. The number of aromatic nitrogens is 7. The zero-order valence-corrected chi connectivity index (χ0v) is 18.5. The van der Waals surface area contributed by atoms with Crippen molar-refractivity contribution in [3.63, 3.8) is 0 Å². The first-order chi connectivity index (χ1) is 16.0. The summed E-state index contributed by atoms with van der Waals surface area (Å²) in [6.07, 6.45) is -4.67. The second-order valence-corrected chi connectivity index (χ2v) is 7.56. The van der Waals surface area contributed by atoms with E-state index in [0.717, 1.165) is 4.68 Å². The molecular weight excluding hydrogens is 459 g/mol. The average molecular weight is 478 g/mol. The maximum Gasteiger partial charge on any atom is 0.419 e. The quantitative estimate of drug-likeness (QED) is 0.403. The van der Waals surface area contributed by atoms with Crippen molar-refractivity contribution in [2.75, 3.05) is 5.32 Å². The Morgan fingerprint density at radius 3 is 2.32 bits per heavy atom. The zero-order valence-electron chi connectivity index (χ0n) is 18.5. The van der Waals surface area contributed by atoms with Crippen molar-refractivity contribution < 1.29 is 22.0 Å². The van der Waals surface area contributed by atoms with Gasteiger partial charge >= 0.3 is 6.18 Å². The van der Waals surface area contributed by atoms with E-state index in [1.165, 1.54) is 44.6 Å². The summed E-state index contributed by atoms with van der Waals surface area (Å²) >= 11 is 0. The summed E-state index contributed by atoms with van der Waals surface area (Å²) in [4.78, 5) is 12.0. The molecule has 0 aliphatic carbocycles. The monoisotopic (exact) mass is 478 g/mol. The van der Waals surface area contributed by atoms with Crippen molar-refractivity contribution in [1.29, 1.82) is 0 Å². The molecule has 0 amide bonds. The number of halogens is 5. The van der Waals surface area contributed by atoms with E-state index in [-0.39, 0.29) is 22.9 Å². The normalized spacial score (nSPS) is 11.9. The van der Waals surface area contributed by atoms with Crippen LogP contribution >= 0.6 is 0 Å². The summed E-state index contributed by atoms with van der Waals surface area (Å²) in [6, 6.07) is 4.21. The van der Waals surface area contributed by atoms with Gasteiger partial charge in [-0.05, 0) is 32.9 Å². The molecule has 34 heavy (non-hydrogen) atoms. The third-order valence-corrected chi connectivity index (χ3v) is 5.26. The molecule has 0 saturated heterocycles. The van der Waals surface area contributed by atoms with E-state index in [9.17, 15) is 22.0 Å². The Morgan fingerprint density at radius 2 is 1.74 bits per heavy atom. The lowest BCUT2D eigenvalue weighted by molar-refractivity contribution is -0.138. The zero-order chi connectivity index (χ0) is 24.8. The van der Waals surface area contributed by atoms with E-state index >= 15 is 0 Å². The lowest BCUT2D eigenvalue weighted by Gasteiger charge is -2.10. The summed E-state index contributed by atoms with van der Waals surface area (Å²) < 4.78 is 68.3. The van der Waals surface area contributed by atoms with Crippen molar-refractivity contribution in [1.82, 2.24) is 34.5 Å². The summed E-state index contributed by atoms with van der Waals surface area (Å²) in [5, 5.41) is 11.5. The summed E-state index contributed by atoms with van der Waals surface area (Å²) in [6.45, 7) is 4.39. The number of anilines is 2. The topological polar surface area (TPSA) is 86.3 Å². The molecule has 0 saturated carbocycles. The lowest BCUT2D eigenvalue weighted by atomic mass is 10.1. The maximum atomic E-state index is 13.3. The minimum Gasteiger partial charge on any atom is -0.325 e. The molecule has 178 valence electrons. The number of alkyl halides is 5. The van der Waals surface area contributed by atoms with Crippen LogP contribution in [0, 0.1) is 20.8 Å². The van der Waals surface area contributed by atoms with Crippen molar-refractivity contribution in [3.8, 4) is 17.1 Å². The molecule has 4 aromatic heterocycles. The second-order valence-electron chi connectivity index (χ2n) is 7.56. The summed E-state index contributed by atoms with van der Waals surface area (Å²) in [5.41, 5.74) is 0.392. The molecule has 0 unspecified atom stereocenters. The van der Waals surface area contributed by atoms with Gasteiger partial charge in [0.15, 0.2) is 5.82 Å². The van der Waals surface area contributed by atoms with Gasteiger partial charge in [-0.2, -0.15) is 23.4 Å². The Hall–Kier alpha value is -3.90. The molecule has 0 aromatic carbocycles. The number of rotatable bonds is 5. The molecule has 4 aromatic rings. The van der Waals surface area contributed by atoms with Crippen molar-refractivity contribution in [3.05, 3.63) is 58.9 Å². The molecule has 0 bridgehead atoms. The standard InChI is InChI=1S/C21H19F5N8/c1-10-18(13-5-6-14(19(22)23)27-8-13)32-33(4)20(10)30-15-7-16(29-9-28-15)34-12(3)17(11(2)31-34)21(24,25)26/h5-9,19H,1-4H3,(H,28,29,30). The number of hydrogen-bond acceptors (Lipinski definition) is 6. The minimum absolute atomic E-state index is 0.0894. The molecule has 0 aliphatic heterocycles. The minimum atomic E-state index is -4.54. The largest absolute Gasteiger partial charge is 0.419 e. The van der Waals surface area contributed by atoms with E-state index in [1.54, 1.807) is 18.7 Å². The molecule has 4 heterocycles. The van der Waals surface area contributed by atoms with Crippen LogP contribution in [0.25, 0.3) is 17.1 Å². The fourth-order valence-electron chi connectivity index (χ4n) is 3.68. The molecule has 0 spiro atoms. The van der Waals surface area contributed by atoms with E-state index in [4.69, 9.17) is 0 Å². The smallest absolute Gasteiger partial charge is 0.325 e. The molecule has 13 heteroatoms. The fourth-order valence-corrected chi connectivity index (χ4v) is 3.68. The number of hydrogen-bond donors (Lipinski definition) is 1. The van der Waals surface area contributed by atoms with Crippen LogP contribution in [-0.4, -0.2) is 34.5 Å². The Kier molecular flexibility index (Phi) is 5.79. The summed E-state index contributed by atoms with van der Waals surface area (Å²) in [5.74, 6) is 0.998. The first-order valence-corrected chi connectivity index (χ1v) is 9.98. The van der Waals surface area contributed by atoms with Crippen LogP contribution in [0.15, 0.2) is 30.7 Å². The van der Waals surface area contributed by atoms with Crippen LogP contribution in [0.1, 0.15) is 34.6 Å². The van der Waals surface area contributed by atoms with E-state index in [2.05, 4.69) is 30.5 Å². The molecule has 0 fully saturated rings. The highest BCUT2D eigenvalue weighted by Gasteiger charge is 2.37. The van der Waals surface area contributed by atoms with Crippen LogP contribution in [-0.2, 0) is 13.2 Å². The number of pyridine rings is 1. The Labute approximate surface area is 190 Å². The van der Waals surface area contributed by atoms with Crippen molar-refractivity contribution in [2.24, 2.45) is 7.05 Å². The van der Waals surface area contributed by atoms with Gasteiger partial charge < -0.3 is 5.32 Å². The van der Waals surface area contributed by atoms with Gasteiger partial charge in [-0.15, -0.1) is 0 Å². The predicted molar refractivity (Wildman–Crippen MR) is 113 cm³/mol. The summed E-state index contributed by atoms with van der Waals surface area (Å²) in [7, 11) is 1.68. The maximum absolute atomic E-state index is 13.3. The first kappa shape index (κ1) is 23.3. The molecule has 1 N–H and O–H groups in total. The van der Waals surface area contributed by atoms with Gasteiger partial charge in [-0.25, -0.2) is 23.4 Å². The number of nitrogens with one attached hydrogen (secondary N) is 1. The Morgan fingerprint density at radius 1 is 1.00 bits per heavy atom. The SMILES string of the molecule is Cc1nn(-c2cc(Nc3c(C)c(-c4ccc(C(F)F)nc4)nn3C)ncn2)c(C)c1C(F)(F)F. The average Bonchev–Trinajstić information content (AvgIpc) is 3.23. The van der Waals surface area contributed by atoms with Crippen LogP contribution in [0.4, 0.5) is 33.6 Å². The molecule has 0 atom stereocenters. The third kappa shape index (κ3) is 4.20. The molecular formula is C21H19F5N8. The van der Waals surface area contributed by atoms with Gasteiger partial charge in [0.05, 0.1) is 22.6 Å². The van der Waals surface area contributed by atoms with Gasteiger partial charge in [0.25, 0.3) is 6.43 Å². The van der Waals surface area contributed by atoms with Gasteiger partial charge in [0, 0.05) is 30.4 Å². The van der Waals surface area contributed by atoms with Crippen LogP contribution in [0.5, 0.6) is 0 Å². The molecule has 4 rings (SSSR count). The molecule has 0 aliphatic rings.